The average molecular weight is 308 g/mol. The molecule has 1 unspecified atom stereocenters. The van der Waals surface area contributed by atoms with Crippen molar-refractivity contribution < 1.29 is 8.78 Å². The molecule has 2 saturated heterocycles. The van der Waals surface area contributed by atoms with Crippen molar-refractivity contribution in [2.75, 3.05) is 6.54 Å². The Labute approximate surface area is 131 Å². The normalized spacial score (nSPS) is 31.7. The zero-order valence-electron chi connectivity index (χ0n) is 13.7. The predicted octanol–water partition coefficient (Wildman–Crippen LogP) is 3.99. The van der Waals surface area contributed by atoms with Gasteiger partial charge in [-0.25, -0.2) is 8.78 Å². The fourth-order valence-electron chi connectivity index (χ4n) is 4.27. The van der Waals surface area contributed by atoms with Crippen molar-refractivity contribution in [3.05, 3.63) is 35.9 Å². The number of fused-ring (bicyclic) bond motifs is 1. The third-order valence-electron chi connectivity index (χ3n) is 5.24. The molecular formula is C18H26F2N2. The first-order valence-electron chi connectivity index (χ1n) is 8.22. The maximum absolute atomic E-state index is 13.8. The molecule has 22 heavy (non-hydrogen) atoms. The average Bonchev–Trinajstić information content (AvgIpc) is 2.74. The van der Waals surface area contributed by atoms with Gasteiger partial charge in [-0.1, -0.05) is 30.3 Å². The van der Waals surface area contributed by atoms with Gasteiger partial charge in [-0.2, -0.15) is 0 Å². The van der Waals surface area contributed by atoms with E-state index >= 15 is 0 Å². The largest absolute Gasteiger partial charge is 0.307 e. The van der Waals surface area contributed by atoms with Crippen molar-refractivity contribution in [1.29, 1.82) is 0 Å². The summed E-state index contributed by atoms with van der Waals surface area (Å²) in [7, 11) is 0. The molecule has 0 bridgehead atoms. The van der Waals surface area contributed by atoms with Gasteiger partial charge in [0.1, 0.15) is 0 Å². The van der Waals surface area contributed by atoms with Crippen LogP contribution in [0.1, 0.15) is 51.6 Å². The Kier molecular flexibility index (Phi) is 4.02. The third kappa shape index (κ3) is 3.18. The lowest BCUT2D eigenvalue weighted by molar-refractivity contribution is -0.00976. The highest BCUT2D eigenvalue weighted by Gasteiger charge is 2.53. The van der Waals surface area contributed by atoms with Gasteiger partial charge in [0.2, 0.25) is 0 Å². The molecule has 1 aromatic rings. The summed E-state index contributed by atoms with van der Waals surface area (Å²) in [6.07, 6.45) is 1.74. The molecule has 1 aromatic carbocycles. The molecule has 3 atom stereocenters. The van der Waals surface area contributed by atoms with Crippen LogP contribution in [-0.4, -0.2) is 35.0 Å². The lowest BCUT2D eigenvalue weighted by atomic mass is 9.83. The van der Waals surface area contributed by atoms with Crippen LogP contribution in [0.3, 0.4) is 0 Å². The molecule has 2 aliphatic heterocycles. The number of halogens is 2. The molecule has 0 radical (unpaired) electrons. The van der Waals surface area contributed by atoms with Crippen molar-refractivity contribution in [1.82, 2.24) is 10.2 Å². The standard InChI is InChI=1S/C18H26F2N2/c1-13(14-7-5-4-6-8-14)21-15-9-16-11-18(19,20)12-22(16)17(2,3)10-15/h4-8,13,15-16,21H,9-12H2,1-3H3/t13-,15?,16+/m0/s1. The fourth-order valence-corrected chi connectivity index (χ4v) is 4.27. The van der Waals surface area contributed by atoms with Gasteiger partial charge in [-0.3, -0.25) is 4.90 Å². The summed E-state index contributed by atoms with van der Waals surface area (Å²) in [5.74, 6) is -2.53. The van der Waals surface area contributed by atoms with E-state index in [1.807, 2.05) is 23.1 Å². The molecule has 2 fully saturated rings. The predicted molar refractivity (Wildman–Crippen MR) is 85.2 cm³/mol. The van der Waals surface area contributed by atoms with Gasteiger partial charge in [-0.15, -0.1) is 0 Å². The minimum atomic E-state index is -2.53. The number of alkyl halides is 2. The number of rotatable bonds is 3. The number of nitrogens with one attached hydrogen (secondary N) is 1. The van der Waals surface area contributed by atoms with Gasteiger partial charge in [0.05, 0.1) is 6.54 Å². The van der Waals surface area contributed by atoms with E-state index in [2.05, 4.69) is 38.2 Å². The second-order valence-electron chi connectivity index (χ2n) is 7.59. The summed E-state index contributed by atoms with van der Waals surface area (Å²) in [6, 6.07) is 10.9. The molecular weight excluding hydrogens is 282 g/mol. The first-order valence-corrected chi connectivity index (χ1v) is 8.22. The van der Waals surface area contributed by atoms with E-state index in [1.54, 1.807) is 0 Å². The summed E-state index contributed by atoms with van der Waals surface area (Å²) in [5.41, 5.74) is 1.08. The third-order valence-corrected chi connectivity index (χ3v) is 5.24. The highest BCUT2D eigenvalue weighted by Crippen LogP contribution is 2.43. The Morgan fingerprint density at radius 3 is 2.55 bits per heavy atom. The molecule has 0 aromatic heterocycles. The molecule has 1 N–H and O–H groups in total. The summed E-state index contributed by atoms with van der Waals surface area (Å²) in [6.45, 7) is 6.27. The molecule has 3 rings (SSSR count). The molecule has 0 spiro atoms. The highest BCUT2D eigenvalue weighted by atomic mass is 19.3. The zero-order chi connectivity index (χ0) is 16.0. The van der Waals surface area contributed by atoms with Crippen LogP contribution in [0, 0.1) is 0 Å². The first kappa shape index (κ1) is 15.9. The van der Waals surface area contributed by atoms with Crippen molar-refractivity contribution in [3.63, 3.8) is 0 Å². The van der Waals surface area contributed by atoms with E-state index in [-0.39, 0.29) is 30.6 Å². The Morgan fingerprint density at radius 1 is 1.18 bits per heavy atom. The van der Waals surface area contributed by atoms with Gasteiger partial charge in [0, 0.05) is 30.1 Å². The van der Waals surface area contributed by atoms with E-state index in [1.165, 1.54) is 5.56 Å². The quantitative estimate of drug-likeness (QED) is 0.908. The van der Waals surface area contributed by atoms with Crippen LogP contribution in [0.25, 0.3) is 0 Å². The topological polar surface area (TPSA) is 15.3 Å². The number of hydrogen-bond acceptors (Lipinski definition) is 2. The molecule has 122 valence electrons. The summed E-state index contributed by atoms with van der Waals surface area (Å²) in [4.78, 5) is 2.03. The van der Waals surface area contributed by atoms with Crippen LogP contribution in [0.15, 0.2) is 30.3 Å². The van der Waals surface area contributed by atoms with Gasteiger partial charge in [0.15, 0.2) is 0 Å². The van der Waals surface area contributed by atoms with Crippen LogP contribution in [-0.2, 0) is 0 Å². The van der Waals surface area contributed by atoms with Crippen LogP contribution in [0.2, 0.25) is 0 Å². The van der Waals surface area contributed by atoms with Crippen LogP contribution in [0.4, 0.5) is 8.78 Å². The second-order valence-corrected chi connectivity index (χ2v) is 7.59. The van der Waals surface area contributed by atoms with Crippen molar-refractivity contribution in [2.45, 2.75) is 69.6 Å². The Bertz CT molecular complexity index is 515. The van der Waals surface area contributed by atoms with Gasteiger partial charge in [0.25, 0.3) is 5.92 Å². The molecule has 0 aliphatic carbocycles. The zero-order valence-corrected chi connectivity index (χ0v) is 13.7. The number of nitrogens with zero attached hydrogens (tertiary/aromatic N) is 1. The lowest BCUT2D eigenvalue weighted by Gasteiger charge is -2.48. The number of benzene rings is 1. The molecule has 2 heterocycles. The van der Waals surface area contributed by atoms with Gasteiger partial charge in [-0.05, 0) is 39.2 Å². The Balaban J connectivity index is 1.69. The number of hydrogen-bond donors (Lipinski definition) is 1. The summed E-state index contributed by atoms with van der Waals surface area (Å²) >= 11 is 0. The molecule has 2 aliphatic rings. The van der Waals surface area contributed by atoms with E-state index in [9.17, 15) is 8.78 Å². The van der Waals surface area contributed by atoms with Crippen LogP contribution < -0.4 is 5.32 Å². The highest BCUT2D eigenvalue weighted by molar-refractivity contribution is 5.18. The monoisotopic (exact) mass is 308 g/mol. The second kappa shape index (κ2) is 5.57. The maximum Gasteiger partial charge on any atom is 0.262 e. The van der Waals surface area contributed by atoms with Crippen molar-refractivity contribution in [3.8, 4) is 0 Å². The van der Waals surface area contributed by atoms with Gasteiger partial charge >= 0.3 is 0 Å². The van der Waals surface area contributed by atoms with Crippen molar-refractivity contribution >= 4 is 0 Å². The minimum Gasteiger partial charge on any atom is -0.307 e. The fraction of sp³-hybridized carbons (Fsp3) is 0.667. The maximum atomic E-state index is 13.8. The summed E-state index contributed by atoms with van der Waals surface area (Å²) < 4.78 is 27.6. The van der Waals surface area contributed by atoms with E-state index in [0.29, 0.717) is 6.04 Å². The van der Waals surface area contributed by atoms with Gasteiger partial charge < -0.3 is 5.32 Å². The van der Waals surface area contributed by atoms with Crippen molar-refractivity contribution in [2.24, 2.45) is 0 Å². The first-order chi connectivity index (χ1) is 10.3. The SMILES string of the molecule is C[C@H](NC1C[C@@H]2CC(F)(F)CN2C(C)(C)C1)c1ccccc1. The van der Waals surface area contributed by atoms with E-state index in [0.717, 1.165) is 12.8 Å². The Morgan fingerprint density at radius 2 is 1.86 bits per heavy atom. The molecule has 4 heteroatoms. The van der Waals surface area contributed by atoms with Crippen LogP contribution in [0.5, 0.6) is 0 Å². The minimum absolute atomic E-state index is 0.000719. The van der Waals surface area contributed by atoms with E-state index in [4.69, 9.17) is 0 Å². The van der Waals surface area contributed by atoms with E-state index < -0.39 is 5.92 Å². The molecule has 2 nitrogen and oxygen atoms in total. The lowest BCUT2D eigenvalue weighted by Crippen LogP contribution is -2.57. The van der Waals surface area contributed by atoms with Crippen LogP contribution >= 0.6 is 0 Å². The number of piperidine rings is 1. The summed E-state index contributed by atoms with van der Waals surface area (Å²) in [5, 5.41) is 3.66. The Hall–Kier alpha value is -1.00. The molecule has 0 amide bonds. The molecule has 0 saturated carbocycles. The smallest absolute Gasteiger partial charge is 0.262 e.